The van der Waals surface area contributed by atoms with E-state index in [0.717, 1.165) is 12.8 Å². The Hall–Kier alpha value is -1.26. The summed E-state index contributed by atoms with van der Waals surface area (Å²) >= 11 is 0. The number of aliphatic carboxylic acids is 1. The van der Waals surface area contributed by atoms with Crippen LogP contribution in [-0.4, -0.2) is 40.3 Å². The highest BCUT2D eigenvalue weighted by Crippen LogP contribution is 2.30. The Morgan fingerprint density at radius 3 is 2.32 bits per heavy atom. The fourth-order valence-corrected chi connectivity index (χ4v) is 2.61. The zero-order chi connectivity index (χ0) is 14.8. The maximum atomic E-state index is 12.1. The van der Waals surface area contributed by atoms with E-state index in [4.69, 9.17) is 4.74 Å². The van der Waals surface area contributed by atoms with E-state index < -0.39 is 23.6 Å². The summed E-state index contributed by atoms with van der Waals surface area (Å²) in [6.07, 6.45) is 1.16. The van der Waals surface area contributed by atoms with Crippen LogP contribution in [0.1, 0.15) is 47.5 Å². The standard InChI is InChI=1S/C14H25NO4/c1-9(2)11(12(16)17)10-7-6-8-15(10)13(18)19-14(3,4)5/h9-11H,6-8H2,1-5H3,(H,16,17). The number of amides is 1. The van der Waals surface area contributed by atoms with Crippen LogP contribution in [-0.2, 0) is 9.53 Å². The van der Waals surface area contributed by atoms with Crippen molar-refractivity contribution < 1.29 is 19.4 Å². The molecule has 0 aliphatic carbocycles. The van der Waals surface area contributed by atoms with Gasteiger partial charge in [0.1, 0.15) is 5.60 Å². The van der Waals surface area contributed by atoms with Gasteiger partial charge in [-0.15, -0.1) is 0 Å². The number of nitrogens with zero attached hydrogens (tertiary/aromatic N) is 1. The molecule has 1 rings (SSSR count). The van der Waals surface area contributed by atoms with Crippen LogP contribution in [0.25, 0.3) is 0 Å². The maximum Gasteiger partial charge on any atom is 0.410 e. The number of carboxylic acids is 1. The van der Waals surface area contributed by atoms with E-state index in [2.05, 4.69) is 0 Å². The van der Waals surface area contributed by atoms with Gasteiger partial charge in [0.2, 0.25) is 0 Å². The van der Waals surface area contributed by atoms with Gasteiger partial charge in [0.15, 0.2) is 0 Å². The average Bonchev–Trinajstić information content (AvgIpc) is 2.62. The molecule has 5 heteroatoms. The van der Waals surface area contributed by atoms with E-state index in [1.807, 2.05) is 34.6 Å². The Morgan fingerprint density at radius 2 is 1.89 bits per heavy atom. The van der Waals surface area contributed by atoms with Gasteiger partial charge in [-0.3, -0.25) is 4.79 Å². The van der Waals surface area contributed by atoms with E-state index >= 15 is 0 Å². The first-order chi connectivity index (χ1) is 8.63. The predicted octanol–water partition coefficient (Wildman–Crippen LogP) is 2.74. The summed E-state index contributed by atoms with van der Waals surface area (Å²) in [6, 6.07) is -0.257. The van der Waals surface area contributed by atoms with E-state index in [-0.39, 0.29) is 12.0 Å². The van der Waals surface area contributed by atoms with Crippen molar-refractivity contribution in [2.24, 2.45) is 11.8 Å². The molecule has 0 aromatic rings. The molecule has 110 valence electrons. The molecule has 2 atom stereocenters. The lowest BCUT2D eigenvalue weighted by Gasteiger charge is -2.33. The zero-order valence-electron chi connectivity index (χ0n) is 12.5. The molecule has 0 radical (unpaired) electrons. The smallest absolute Gasteiger partial charge is 0.410 e. The summed E-state index contributed by atoms with van der Waals surface area (Å²) < 4.78 is 5.36. The average molecular weight is 271 g/mol. The number of hydrogen-bond donors (Lipinski definition) is 1. The summed E-state index contributed by atoms with van der Waals surface area (Å²) in [4.78, 5) is 25.1. The first kappa shape index (κ1) is 15.8. The predicted molar refractivity (Wildman–Crippen MR) is 71.9 cm³/mol. The van der Waals surface area contributed by atoms with Crippen molar-refractivity contribution in [3.8, 4) is 0 Å². The van der Waals surface area contributed by atoms with Gasteiger partial charge in [-0.1, -0.05) is 13.8 Å². The van der Waals surface area contributed by atoms with Crippen molar-refractivity contribution >= 4 is 12.1 Å². The number of ether oxygens (including phenoxy) is 1. The van der Waals surface area contributed by atoms with E-state index in [1.165, 1.54) is 0 Å². The number of carbonyl (C=O) groups excluding carboxylic acids is 1. The zero-order valence-corrected chi connectivity index (χ0v) is 12.5. The summed E-state index contributed by atoms with van der Waals surface area (Å²) in [6.45, 7) is 9.78. The SMILES string of the molecule is CC(C)C(C(=O)O)C1CCCN1C(=O)OC(C)(C)C. The van der Waals surface area contributed by atoms with Crippen LogP contribution in [0.15, 0.2) is 0 Å². The molecule has 5 nitrogen and oxygen atoms in total. The highest BCUT2D eigenvalue weighted by molar-refractivity contribution is 5.74. The molecule has 0 aromatic carbocycles. The van der Waals surface area contributed by atoms with Gasteiger partial charge < -0.3 is 14.7 Å². The van der Waals surface area contributed by atoms with E-state index in [0.29, 0.717) is 6.54 Å². The molecule has 0 saturated carbocycles. The van der Waals surface area contributed by atoms with Crippen molar-refractivity contribution in [1.29, 1.82) is 0 Å². The molecule has 1 aliphatic heterocycles. The Bertz CT molecular complexity index is 346. The lowest BCUT2D eigenvalue weighted by molar-refractivity contribution is -0.145. The van der Waals surface area contributed by atoms with Gasteiger partial charge in [-0.2, -0.15) is 0 Å². The van der Waals surface area contributed by atoms with Gasteiger partial charge in [0.25, 0.3) is 0 Å². The van der Waals surface area contributed by atoms with Crippen molar-refractivity contribution in [3.05, 3.63) is 0 Å². The third-order valence-electron chi connectivity index (χ3n) is 3.35. The van der Waals surface area contributed by atoms with E-state index in [9.17, 15) is 14.7 Å². The molecular weight excluding hydrogens is 246 g/mol. The van der Waals surface area contributed by atoms with Crippen LogP contribution in [0.2, 0.25) is 0 Å². The molecule has 1 N–H and O–H groups in total. The van der Waals surface area contributed by atoms with Crippen molar-refractivity contribution in [3.63, 3.8) is 0 Å². The summed E-state index contributed by atoms with van der Waals surface area (Å²) in [7, 11) is 0. The van der Waals surface area contributed by atoms with Gasteiger partial charge in [-0.25, -0.2) is 4.79 Å². The monoisotopic (exact) mass is 271 g/mol. The van der Waals surface area contributed by atoms with Crippen LogP contribution in [0.5, 0.6) is 0 Å². The first-order valence-corrected chi connectivity index (χ1v) is 6.86. The number of carboxylic acid groups (broad SMARTS) is 1. The molecule has 0 spiro atoms. The Morgan fingerprint density at radius 1 is 1.32 bits per heavy atom. The topological polar surface area (TPSA) is 66.8 Å². The number of rotatable bonds is 3. The second-order valence-corrected chi connectivity index (χ2v) is 6.49. The van der Waals surface area contributed by atoms with Crippen LogP contribution in [0, 0.1) is 11.8 Å². The molecule has 0 aromatic heterocycles. The van der Waals surface area contributed by atoms with Crippen molar-refractivity contribution in [1.82, 2.24) is 4.90 Å². The minimum atomic E-state index is -0.838. The number of likely N-dealkylation sites (tertiary alicyclic amines) is 1. The minimum Gasteiger partial charge on any atom is -0.481 e. The molecule has 1 fully saturated rings. The third-order valence-corrected chi connectivity index (χ3v) is 3.35. The first-order valence-electron chi connectivity index (χ1n) is 6.86. The summed E-state index contributed by atoms with van der Waals surface area (Å²) in [5.41, 5.74) is -0.555. The molecule has 1 aliphatic rings. The molecule has 2 unspecified atom stereocenters. The van der Waals surface area contributed by atoms with Crippen LogP contribution >= 0.6 is 0 Å². The Balaban J connectivity index is 2.83. The molecule has 1 amide bonds. The fraction of sp³-hybridized carbons (Fsp3) is 0.857. The van der Waals surface area contributed by atoms with Crippen molar-refractivity contribution in [2.75, 3.05) is 6.54 Å². The van der Waals surface area contributed by atoms with Crippen LogP contribution in [0.4, 0.5) is 4.79 Å². The number of hydrogen-bond acceptors (Lipinski definition) is 3. The van der Waals surface area contributed by atoms with Crippen LogP contribution < -0.4 is 0 Å². The second kappa shape index (κ2) is 5.80. The molecule has 1 saturated heterocycles. The normalized spacial score (nSPS) is 21.6. The molecular formula is C14H25NO4. The largest absolute Gasteiger partial charge is 0.481 e. The Kier molecular flexibility index (Phi) is 4.82. The lowest BCUT2D eigenvalue weighted by Crippen LogP contribution is -2.46. The van der Waals surface area contributed by atoms with Gasteiger partial charge in [0, 0.05) is 12.6 Å². The highest BCUT2D eigenvalue weighted by Gasteiger charge is 2.41. The maximum absolute atomic E-state index is 12.1. The quantitative estimate of drug-likeness (QED) is 0.857. The third kappa shape index (κ3) is 4.11. The second-order valence-electron chi connectivity index (χ2n) is 6.49. The highest BCUT2D eigenvalue weighted by atomic mass is 16.6. The van der Waals surface area contributed by atoms with E-state index in [1.54, 1.807) is 4.90 Å². The van der Waals surface area contributed by atoms with Gasteiger partial charge in [0.05, 0.1) is 5.92 Å². The fourth-order valence-electron chi connectivity index (χ4n) is 2.61. The Labute approximate surface area is 114 Å². The van der Waals surface area contributed by atoms with Gasteiger partial charge >= 0.3 is 12.1 Å². The number of carbonyl (C=O) groups is 2. The lowest BCUT2D eigenvalue weighted by atomic mass is 9.87. The minimum absolute atomic E-state index is 0.00876. The molecule has 1 heterocycles. The molecule has 0 bridgehead atoms. The van der Waals surface area contributed by atoms with Gasteiger partial charge in [-0.05, 0) is 39.5 Å². The summed E-state index contributed by atoms with van der Waals surface area (Å²) in [5.74, 6) is -1.38. The van der Waals surface area contributed by atoms with Crippen molar-refractivity contribution in [2.45, 2.75) is 59.1 Å². The van der Waals surface area contributed by atoms with Crippen LogP contribution in [0.3, 0.4) is 0 Å². The molecule has 19 heavy (non-hydrogen) atoms. The summed E-state index contributed by atoms with van der Waals surface area (Å²) in [5, 5.41) is 9.36.